The summed E-state index contributed by atoms with van der Waals surface area (Å²) in [5.74, 6) is 0. The van der Waals surface area contributed by atoms with Crippen molar-refractivity contribution in [1.82, 2.24) is 14.6 Å². The van der Waals surface area contributed by atoms with Crippen LogP contribution >= 0.6 is 0 Å². The van der Waals surface area contributed by atoms with E-state index in [2.05, 4.69) is 40.4 Å². The highest BCUT2D eigenvalue weighted by Gasteiger charge is 2.07. The summed E-state index contributed by atoms with van der Waals surface area (Å²) in [7, 11) is 0. The van der Waals surface area contributed by atoms with Gasteiger partial charge in [0.1, 0.15) is 5.65 Å². The highest BCUT2D eigenvalue weighted by Crippen LogP contribution is 2.23. The van der Waals surface area contributed by atoms with Gasteiger partial charge < -0.3 is 4.98 Å². The first kappa shape index (κ1) is 11.1. The van der Waals surface area contributed by atoms with E-state index in [0.717, 1.165) is 22.6 Å². The molecule has 0 aliphatic carbocycles. The summed E-state index contributed by atoms with van der Waals surface area (Å²) in [5.41, 5.74) is 5.36. The van der Waals surface area contributed by atoms with Gasteiger partial charge in [0.05, 0.1) is 17.6 Å². The van der Waals surface area contributed by atoms with Gasteiger partial charge >= 0.3 is 0 Å². The number of nitrogens with one attached hydrogen (secondary N) is 1. The molecule has 0 aliphatic rings. The van der Waals surface area contributed by atoms with E-state index in [9.17, 15) is 0 Å². The van der Waals surface area contributed by atoms with Crippen molar-refractivity contribution in [1.29, 1.82) is 0 Å². The van der Waals surface area contributed by atoms with Crippen LogP contribution in [0.3, 0.4) is 0 Å². The smallest absolute Gasteiger partial charge is 0.134 e. The van der Waals surface area contributed by atoms with Crippen LogP contribution in [-0.4, -0.2) is 14.6 Å². The lowest BCUT2D eigenvalue weighted by Gasteiger charge is -1.95. The summed E-state index contributed by atoms with van der Waals surface area (Å²) < 4.78 is 1.89. The van der Waals surface area contributed by atoms with Gasteiger partial charge in [-0.2, -0.15) is 5.10 Å². The average molecular weight is 259 g/mol. The molecule has 4 rings (SSSR count). The standard InChI is InChI=1S/C17H13N3/c1-3-7-13(8-4-1)15-11-17-18-16(12-20(17)19-15)14-9-5-2-6-10-14/h1-12,18H. The van der Waals surface area contributed by atoms with Crippen LogP contribution < -0.4 is 0 Å². The summed E-state index contributed by atoms with van der Waals surface area (Å²) in [4.78, 5) is 3.40. The number of rotatable bonds is 2. The Morgan fingerprint density at radius 1 is 0.800 bits per heavy atom. The van der Waals surface area contributed by atoms with Gasteiger partial charge in [-0.1, -0.05) is 60.7 Å². The van der Waals surface area contributed by atoms with Crippen LogP contribution in [0.4, 0.5) is 0 Å². The maximum atomic E-state index is 4.61. The molecule has 0 fully saturated rings. The van der Waals surface area contributed by atoms with Crippen molar-refractivity contribution < 1.29 is 0 Å². The quantitative estimate of drug-likeness (QED) is 0.580. The number of fused-ring (bicyclic) bond motifs is 1. The molecule has 4 aromatic rings. The van der Waals surface area contributed by atoms with E-state index in [-0.39, 0.29) is 0 Å². The molecular formula is C17H13N3. The second kappa shape index (κ2) is 4.38. The molecule has 0 saturated carbocycles. The highest BCUT2D eigenvalue weighted by molar-refractivity contribution is 5.68. The van der Waals surface area contributed by atoms with Gasteiger partial charge in [-0.15, -0.1) is 0 Å². The van der Waals surface area contributed by atoms with Gasteiger partial charge in [-0.05, 0) is 5.56 Å². The second-order valence-corrected chi connectivity index (χ2v) is 4.76. The lowest BCUT2D eigenvalue weighted by Crippen LogP contribution is -1.82. The predicted octanol–water partition coefficient (Wildman–Crippen LogP) is 4.00. The van der Waals surface area contributed by atoms with Crippen LogP contribution in [0.15, 0.2) is 72.9 Å². The predicted molar refractivity (Wildman–Crippen MR) is 80.4 cm³/mol. The fourth-order valence-electron chi connectivity index (χ4n) is 2.39. The lowest BCUT2D eigenvalue weighted by molar-refractivity contribution is 0.978. The largest absolute Gasteiger partial charge is 0.338 e. The summed E-state index contributed by atoms with van der Waals surface area (Å²) in [6.07, 6.45) is 2.02. The molecule has 0 bridgehead atoms. The number of aromatic nitrogens is 3. The van der Waals surface area contributed by atoms with E-state index in [1.165, 1.54) is 5.56 Å². The van der Waals surface area contributed by atoms with Crippen molar-refractivity contribution in [3.05, 3.63) is 72.9 Å². The van der Waals surface area contributed by atoms with Crippen LogP contribution in [0.1, 0.15) is 0 Å². The number of benzene rings is 2. The van der Waals surface area contributed by atoms with E-state index < -0.39 is 0 Å². The zero-order chi connectivity index (χ0) is 13.4. The summed E-state index contributed by atoms with van der Waals surface area (Å²) in [6.45, 7) is 0. The van der Waals surface area contributed by atoms with Crippen molar-refractivity contribution in [2.75, 3.05) is 0 Å². The van der Waals surface area contributed by atoms with Gasteiger partial charge in [0.15, 0.2) is 0 Å². The van der Waals surface area contributed by atoms with Crippen LogP contribution in [0.2, 0.25) is 0 Å². The van der Waals surface area contributed by atoms with Crippen LogP contribution in [-0.2, 0) is 0 Å². The number of imidazole rings is 1. The summed E-state index contributed by atoms with van der Waals surface area (Å²) in [5, 5.41) is 4.61. The molecule has 0 aliphatic heterocycles. The number of nitrogens with zero attached hydrogens (tertiary/aromatic N) is 2. The molecule has 1 N–H and O–H groups in total. The van der Waals surface area contributed by atoms with Crippen molar-refractivity contribution in [3.8, 4) is 22.5 Å². The lowest BCUT2D eigenvalue weighted by atomic mass is 10.1. The van der Waals surface area contributed by atoms with Gasteiger partial charge in [0.2, 0.25) is 0 Å². The number of H-pyrrole nitrogens is 1. The molecule has 2 aromatic heterocycles. The van der Waals surface area contributed by atoms with E-state index in [4.69, 9.17) is 0 Å². The molecule has 0 saturated heterocycles. The van der Waals surface area contributed by atoms with Gasteiger partial charge in [0, 0.05) is 11.6 Å². The maximum Gasteiger partial charge on any atom is 0.134 e. The Morgan fingerprint density at radius 3 is 2.10 bits per heavy atom. The summed E-state index contributed by atoms with van der Waals surface area (Å²) >= 11 is 0. The van der Waals surface area contributed by atoms with Crippen LogP contribution in [0, 0.1) is 0 Å². The first-order valence-corrected chi connectivity index (χ1v) is 6.59. The minimum Gasteiger partial charge on any atom is -0.338 e. The Labute approximate surface area is 116 Å². The van der Waals surface area contributed by atoms with Crippen molar-refractivity contribution >= 4 is 5.65 Å². The monoisotopic (exact) mass is 259 g/mol. The minimum atomic E-state index is 0.983. The van der Waals surface area contributed by atoms with Gasteiger partial charge in [-0.3, -0.25) is 0 Å². The van der Waals surface area contributed by atoms with Crippen LogP contribution in [0.5, 0.6) is 0 Å². The first-order valence-electron chi connectivity index (χ1n) is 6.59. The third kappa shape index (κ3) is 1.80. The second-order valence-electron chi connectivity index (χ2n) is 4.76. The minimum absolute atomic E-state index is 0.983. The first-order chi connectivity index (χ1) is 9.90. The fraction of sp³-hybridized carbons (Fsp3) is 0. The van der Waals surface area contributed by atoms with Gasteiger partial charge in [-0.25, -0.2) is 4.52 Å². The zero-order valence-electron chi connectivity index (χ0n) is 10.8. The molecule has 0 atom stereocenters. The third-order valence-electron chi connectivity index (χ3n) is 3.40. The maximum absolute atomic E-state index is 4.61. The Hall–Kier alpha value is -2.81. The average Bonchev–Trinajstić information content (AvgIpc) is 3.08. The van der Waals surface area contributed by atoms with Crippen molar-refractivity contribution in [2.45, 2.75) is 0 Å². The SMILES string of the molecule is c1ccc(-c2cc3[nH]c(-c4ccccc4)cn3n2)cc1. The molecule has 20 heavy (non-hydrogen) atoms. The van der Waals surface area contributed by atoms with E-state index in [0.29, 0.717) is 0 Å². The molecule has 3 heteroatoms. The highest BCUT2D eigenvalue weighted by atomic mass is 15.3. The molecule has 3 nitrogen and oxygen atoms in total. The van der Waals surface area contributed by atoms with Crippen LogP contribution in [0.25, 0.3) is 28.2 Å². The molecule has 0 spiro atoms. The molecule has 0 amide bonds. The fourth-order valence-corrected chi connectivity index (χ4v) is 2.39. The molecular weight excluding hydrogens is 246 g/mol. The van der Waals surface area contributed by atoms with Gasteiger partial charge in [0.25, 0.3) is 0 Å². The van der Waals surface area contributed by atoms with E-state index in [1.807, 2.05) is 47.1 Å². The molecule has 0 unspecified atom stereocenters. The number of hydrogen-bond donors (Lipinski definition) is 1. The van der Waals surface area contributed by atoms with Crippen molar-refractivity contribution in [3.63, 3.8) is 0 Å². The Kier molecular flexibility index (Phi) is 2.42. The Balaban J connectivity index is 1.78. The molecule has 2 aromatic carbocycles. The number of hydrogen-bond acceptors (Lipinski definition) is 1. The summed E-state index contributed by atoms with van der Waals surface area (Å²) in [6, 6.07) is 22.5. The Bertz CT molecular complexity index is 741. The van der Waals surface area contributed by atoms with Crippen molar-refractivity contribution in [2.24, 2.45) is 0 Å². The third-order valence-corrected chi connectivity index (χ3v) is 3.40. The molecule has 0 radical (unpaired) electrons. The normalized spacial score (nSPS) is 11.0. The zero-order valence-corrected chi connectivity index (χ0v) is 10.8. The Morgan fingerprint density at radius 2 is 1.45 bits per heavy atom. The topological polar surface area (TPSA) is 33.1 Å². The van der Waals surface area contributed by atoms with E-state index >= 15 is 0 Å². The van der Waals surface area contributed by atoms with E-state index in [1.54, 1.807) is 0 Å². The molecule has 96 valence electrons. The number of aromatic amines is 1. The molecule has 2 heterocycles.